The minimum absolute atomic E-state index is 0.148. The molecule has 0 heterocycles. The minimum atomic E-state index is -0.416. The van der Waals surface area contributed by atoms with Crippen LogP contribution in [0, 0.1) is 11.3 Å². The molecule has 3 N–H and O–H groups in total. The molecular formula is C7H14N2OS. The maximum absolute atomic E-state index is 9.06. The molecule has 0 aromatic rings. The summed E-state index contributed by atoms with van der Waals surface area (Å²) in [7, 11) is 0. The zero-order valence-electron chi connectivity index (χ0n) is 6.82. The van der Waals surface area contributed by atoms with Gasteiger partial charge in [0.2, 0.25) is 0 Å². The van der Waals surface area contributed by atoms with Gasteiger partial charge >= 0.3 is 0 Å². The van der Waals surface area contributed by atoms with Gasteiger partial charge in [-0.3, -0.25) is 0 Å². The number of hydrogen-bond donors (Lipinski definition) is 2. The molecule has 0 aromatic carbocycles. The Bertz CT molecular complexity index is 144. The van der Waals surface area contributed by atoms with E-state index in [-0.39, 0.29) is 11.4 Å². The van der Waals surface area contributed by atoms with Gasteiger partial charge in [-0.25, -0.2) is 0 Å². The SMILES string of the molecule is CC(O)C(C)SCC(N)C#N. The van der Waals surface area contributed by atoms with E-state index in [1.165, 1.54) is 11.8 Å². The van der Waals surface area contributed by atoms with Crippen molar-refractivity contribution in [1.29, 1.82) is 5.26 Å². The van der Waals surface area contributed by atoms with Crippen molar-refractivity contribution in [2.75, 3.05) is 5.75 Å². The lowest BCUT2D eigenvalue weighted by Crippen LogP contribution is -2.24. The summed E-state index contributed by atoms with van der Waals surface area (Å²) in [5.41, 5.74) is 5.36. The van der Waals surface area contributed by atoms with Gasteiger partial charge < -0.3 is 10.8 Å². The lowest BCUT2D eigenvalue weighted by molar-refractivity contribution is 0.196. The van der Waals surface area contributed by atoms with E-state index in [4.69, 9.17) is 16.1 Å². The molecule has 3 atom stereocenters. The van der Waals surface area contributed by atoms with Crippen LogP contribution in [0.4, 0.5) is 0 Å². The molecule has 0 aliphatic rings. The molecular weight excluding hydrogens is 160 g/mol. The normalized spacial score (nSPS) is 18.5. The summed E-state index contributed by atoms with van der Waals surface area (Å²) in [6, 6.07) is 1.52. The number of nitrogens with two attached hydrogens (primary N) is 1. The fourth-order valence-electron chi connectivity index (χ4n) is 0.432. The maximum Gasteiger partial charge on any atom is 0.102 e. The standard InChI is InChI=1S/C7H14N2OS/c1-5(10)6(2)11-4-7(9)3-8/h5-7,10H,4,9H2,1-2H3. The second-order valence-corrected chi connectivity index (χ2v) is 3.92. The van der Waals surface area contributed by atoms with Crippen LogP contribution in [0.5, 0.6) is 0 Å². The van der Waals surface area contributed by atoms with Crippen LogP contribution in [-0.2, 0) is 0 Å². The molecule has 0 radical (unpaired) electrons. The molecule has 4 heteroatoms. The highest BCUT2D eigenvalue weighted by molar-refractivity contribution is 8.00. The van der Waals surface area contributed by atoms with Gasteiger partial charge in [-0.1, -0.05) is 6.92 Å². The zero-order chi connectivity index (χ0) is 8.85. The third-order valence-electron chi connectivity index (χ3n) is 1.38. The predicted molar refractivity (Wildman–Crippen MR) is 47.2 cm³/mol. The summed E-state index contributed by atoms with van der Waals surface area (Å²) < 4.78 is 0. The van der Waals surface area contributed by atoms with Crippen LogP contribution in [0.25, 0.3) is 0 Å². The second kappa shape index (κ2) is 5.42. The number of thioether (sulfide) groups is 1. The number of nitriles is 1. The molecule has 0 spiro atoms. The zero-order valence-corrected chi connectivity index (χ0v) is 7.64. The van der Waals surface area contributed by atoms with Crippen LogP contribution in [-0.4, -0.2) is 28.3 Å². The van der Waals surface area contributed by atoms with Gasteiger partial charge in [-0.05, 0) is 6.92 Å². The van der Waals surface area contributed by atoms with Crippen molar-refractivity contribution in [3.63, 3.8) is 0 Å². The maximum atomic E-state index is 9.06. The Kier molecular flexibility index (Phi) is 5.30. The molecule has 0 aliphatic heterocycles. The van der Waals surface area contributed by atoms with Gasteiger partial charge in [0, 0.05) is 11.0 Å². The largest absolute Gasteiger partial charge is 0.392 e. The number of nitrogens with zero attached hydrogens (tertiary/aromatic N) is 1. The van der Waals surface area contributed by atoms with Crippen LogP contribution < -0.4 is 5.73 Å². The molecule has 64 valence electrons. The van der Waals surface area contributed by atoms with Gasteiger partial charge in [0.15, 0.2) is 0 Å². The quantitative estimate of drug-likeness (QED) is 0.645. The third-order valence-corrected chi connectivity index (χ3v) is 2.86. The number of hydrogen-bond acceptors (Lipinski definition) is 4. The van der Waals surface area contributed by atoms with Gasteiger partial charge in [-0.2, -0.15) is 17.0 Å². The number of aliphatic hydroxyl groups is 1. The molecule has 0 amide bonds. The molecule has 0 saturated heterocycles. The van der Waals surface area contributed by atoms with Crippen molar-refractivity contribution in [3.05, 3.63) is 0 Å². The summed E-state index contributed by atoms with van der Waals surface area (Å²) in [5.74, 6) is 0.586. The lowest BCUT2D eigenvalue weighted by atomic mass is 10.3. The van der Waals surface area contributed by atoms with E-state index in [1.54, 1.807) is 6.92 Å². The van der Waals surface area contributed by atoms with Crippen molar-refractivity contribution in [3.8, 4) is 6.07 Å². The average Bonchev–Trinajstić information content (AvgIpc) is 1.99. The topological polar surface area (TPSA) is 70.0 Å². The fourth-order valence-corrected chi connectivity index (χ4v) is 1.30. The highest BCUT2D eigenvalue weighted by Gasteiger charge is 2.10. The Labute approximate surface area is 71.6 Å². The average molecular weight is 174 g/mol. The van der Waals surface area contributed by atoms with Crippen molar-refractivity contribution in [1.82, 2.24) is 0 Å². The summed E-state index contributed by atoms with van der Waals surface area (Å²) in [4.78, 5) is 0. The van der Waals surface area contributed by atoms with Crippen molar-refractivity contribution in [2.24, 2.45) is 5.73 Å². The number of rotatable bonds is 4. The van der Waals surface area contributed by atoms with Gasteiger partial charge in [0.1, 0.15) is 6.04 Å². The molecule has 11 heavy (non-hydrogen) atoms. The van der Waals surface area contributed by atoms with Gasteiger partial charge in [0.05, 0.1) is 12.2 Å². The van der Waals surface area contributed by atoms with E-state index >= 15 is 0 Å². The summed E-state index contributed by atoms with van der Waals surface area (Å²) in [5, 5.41) is 17.5. The second-order valence-electron chi connectivity index (χ2n) is 2.51. The Morgan fingerprint density at radius 2 is 2.18 bits per heavy atom. The molecule has 0 saturated carbocycles. The van der Waals surface area contributed by atoms with E-state index in [0.29, 0.717) is 5.75 Å². The first kappa shape index (κ1) is 10.8. The Balaban J connectivity index is 3.47. The highest BCUT2D eigenvalue weighted by atomic mass is 32.2. The van der Waals surface area contributed by atoms with Gasteiger partial charge in [0.25, 0.3) is 0 Å². The molecule has 0 bridgehead atoms. The summed E-state index contributed by atoms with van der Waals surface area (Å²) in [6.45, 7) is 3.65. The van der Waals surface area contributed by atoms with Crippen LogP contribution in [0.15, 0.2) is 0 Å². The van der Waals surface area contributed by atoms with Crippen LogP contribution >= 0.6 is 11.8 Å². The minimum Gasteiger partial charge on any atom is -0.392 e. The molecule has 0 rings (SSSR count). The van der Waals surface area contributed by atoms with Crippen molar-refractivity contribution < 1.29 is 5.11 Å². The van der Waals surface area contributed by atoms with Crippen LogP contribution in [0.1, 0.15) is 13.8 Å². The van der Waals surface area contributed by atoms with Crippen LogP contribution in [0.2, 0.25) is 0 Å². The van der Waals surface area contributed by atoms with E-state index in [9.17, 15) is 0 Å². The Hall–Kier alpha value is -0.240. The van der Waals surface area contributed by atoms with Crippen molar-refractivity contribution in [2.45, 2.75) is 31.2 Å². The summed E-state index contributed by atoms with van der Waals surface area (Å²) in [6.07, 6.45) is -0.342. The van der Waals surface area contributed by atoms with E-state index < -0.39 is 6.04 Å². The molecule has 3 nitrogen and oxygen atoms in total. The van der Waals surface area contributed by atoms with E-state index in [0.717, 1.165) is 0 Å². The van der Waals surface area contributed by atoms with Crippen molar-refractivity contribution >= 4 is 11.8 Å². The number of aliphatic hydroxyl groups excluding tert-OH is 1. The van der Waals surface area contributed by atoms with Crippen LogP contribution in [0.3, 0.4) is 0 Å². The van der Waals surface area contributed by atoms with Gasteiger partial charge in [-0.15, -0.1) is 0 Å². The summed E-state index contributed by atoms with van der Waals surface area (Å²) >= 11 is 1.52. The molecule has 3 unspecified atom stereocenters. The first-order valence-electron chi connectivity index (χ1n) is 3.52. The molecule has 0 aromatic heterocycles. The first-order valence-corrected chi connectivity index (χ1v) is 4.57. The molecule has 0 aliphatic carbocycles. The lowest BCUT2D eigenvalue weighted by Gasteiger charge is -2.14. The molecule has 0 fully saturated rings. The third kappa shape index (κ3) is 5.08. The predicted octanol–water partition coefficient (Wildman–Crippen LogP) is 0.340. The van der Waals surface area contributed by atoms with E-state index in [2.05, 4.69) is 0 Å². The Morgan fingerprint density at radius 3 is 2.55 bits per heavy atom. The smallest absolute Gasteiger partial charge is 0.102 e. The first-order chi connectivity index (χ1) is 5.07. The Morgan fingerprint density at radius 1 is 1.64 bits per heavy atom. The van der Waals surface area contributed by atoms with E-state index in [1.807, 2.05) is 13.0 Å². The monoisotopic (exact) mass is 174 g/mol. The highest BCUT2D eigenvalue weighted by Crippen LogP contribution is 2.14. The fraction of sp³-hybridized carbons (Fsp3) is 0.857.